The maximum absolute atomic E-state index is 13.2. The quantitative estimate of drug-likeness (QED) is 0.575. The van der Waals surface area contributed by atoms with Crippen molar-refractivity contribution in [1.29, 1.82) is 0 Å². The van der Waals surface area contributed by atoms with E-state index in [0.29, 0.717) is 42.4 Å². The van der Waals surface area contributed by atoms with Crippen LogP contribution >= 0.6 is 0 Å². The number of ether oxygens (including phenoxy) is 3. The molecule has 0 aromatic heterocycles. The van der Waals surface area contributed by atoms with Gasteiger partial charge in [0.25, 0.3) is 0 Å². The number of nitrogens with zero attached hydrogens (tertiary/aromatic N) is 2. The minimum Gasteiger partial charge on any atom is -0.495 e. The van der Waals surface area contributed by atoms with Crippen LogP contribution in [-0.4, -0.2) is 57.6 Å². The highest BCUT2D eigenvalue weighted by Crippen LogP contribution is 2.33. The predicted octanol–water partition coefficient (Wildman–Crippen LogP) is 3.27. The maximum atomic E-state index is 13.2. The molecule has 0 N–H and O–H groups in total. The molecule has 0 aliphatic carbocycles. The Morgan fingerprint density at radius 1 is 1.09 bits per heavy atom. The van der Waals surface area contributed by atoms with E-state index in [4.69, 9.17) is 14.2 Å². The Balaban J connectivity index is 1.48. The Morgan fingerprint density at radius 3 is 2.61 bits per heavy atom. The summed E-state index contributed by atoms with van der Waals surface area (Å²) in [7, 11) is -0.512. The molecule has 33 heavy (non-hydrogen) atoms. The van der Waals surface area contributed by atoms with Gasteiger partial charge < -0.3 is 19.1 Å². The predicted molar refractivity (Wildman–Crippen MR) is 124 cm³/mol. The van der Waals surface area contributed by atoms with Gasteiger partial charge in [-0.15, -0.1) is 0 Å². The summed E-state index contributed by atoms with van der Waals surface area (Å²) in [6.07, 6.45) is 5.80. The molecule has 0 atom stereocenters. The molecule has 0 bridgehead atoms. The summed E-state index contributed by atoms with van der Waals surface area (Å²) in [5.41, 5.74) is 1.53. The number of amides is 1. The van der Waals surface area contributed by atoms with Crippen LogP contribution in [0.2, 0.25) is 0 Å². The van der Waals surface area contributed by atoms with Crippen molar-refractivity contribution in [3.8, 4) is 17.2 Å². The first-order valence-electron chi connectivity index (χ1n) is 10.9. The molecule has 0 saturated carbocycles. The number of piperidine rings is 1. The van der Waals surface area contributed by atoms with Gasteiger partial charge in [-0.05, 0) is 54.3 Å². The van der Waals surface area contributed by atoms with Crippen LogP contribution < -0.4 is 14.2 Å². The summed E-state index contributed by atoms with van der Waals surface area (Å²) in [6, 6.07) is 10.5. The molecule has 8 nitrogen and oxygen atoms in total. The molecular weight excluding hydrogens is 444 g/mol. The number of carbonyl (C=O) groups is 1. The van der Waals surface area contributed by atoms with E-state index >= 15 is 0 Å². The standard InChI is InChI=1S/C24H28N2O6S/c1-25(16-19-7-9-20-22(14-19)32-17-31-20)24(27)11-8-18-6-10-21(30-2)23(15-18)33(28,29)26-12-4-3-5-13-26/h6-11,14-15H,3-5,12-13,16-17H2,1-2H3/b11-8+. The molecular formula is C24H28N2O6S. The number of likely N-dealkylation sites (N-methyl/N-ethyl adjacent to an activating group) is 1. The van der Waals surface area contributed by atoms with Crippen molar-refractivity contribution >= 4 is 22.0 Å². The summed E-state index contributed by atoms with van der Waals surface area (Å²) < 4.78 is 43.9. The molecule has 1 amide bonds. The molecule has 0 radical (unpaired) electrons. The fourth-order valence-corrected chi connectivity index (χ4v) is 5.64. The number of fused-ring (bicyclic) bond motifs is 1. The average molecular weight is 473 g/mol. The molecule has 176 valence electrons. The fraction of sp³-hybridized carbons (Fsp3) is 0.375. The molecule has 0 unspecified atom stereocenters. The molecule has 2 aromatic rings. The number of sulfonamides is 1. The van der Waals surface area contributed by atoms with Crippen molar-refractivity contribution in [2.75, 3.05) is 34.0 Å². The zero-order valence-corrected chi connectivity index (χ0v) is 19.6. The van der Waals surface area contributed by atoms with Crippen LogP contribution in [0, 0.1) is 0 Å². The van der Waals surface area contributed by atoms with E-state index in [1.54, 1.807) is 36.2 Å². The molecule has 1 fully saturated rings. The zero-order valence-electron chi connectivity index (χ0n) is 18.8. The van der Waals surface area contributed by atoms with Gasteiger partial charge in [0.05, 0.1) is 7.11 Å². The van der Waals surface area contributed by atoms with Crippen LogP contribution in [0.25, 0.3) is 6.08 Å². The molecule has 2 aromatic carbocycles. The summed E-state index contributed by atoms with van der Waals surface area (Å²) in [6.45, 7) is 1.62. The Kier molecular flexibility index (Phi) is 6.90. The van der Waals surface area contributed by atoms with E-state index < -0.39 is 10.0 Å². The Morgan fingerprint density at radius 2 is 1.85 bits per heavy atom. The maximum Gasteiger partial charge on any atom is 0.246 e. The van der Waals surface area contributed by atoms with Gasteiger partial charge in [0, 0.05) is 32.8 Å². The van der Waals surface area contributed by atoms with Crippen LogP contribution in [0.15, 0.2) is 47.4 Å². The van der Waals surface area contributed by atoms with Gasteiger partial charge in [-0.3, -0.25) is 4.79 Å². The summed E-state index contributed by atoms with van der Waals surface area (Å²) >= 11 is 0. The third-order valence-corrected chi connectivity index (χ3v) is 7.69. The molecule has 2 heterocycles. The minimum absolute atomic E-state index is 0.121. The SMILES string of the molecule is COc1ccc(/C=C/C(=O)N(C)Cc2ccc3c(c2)OCO3)cc1S(=O)(=O)N1CCCCC1. The molecule has 9 heteroatoms. The summed E-state index contributed by atoms with van der Waals surface area (Å²) in [5, 5.41) is 0. The lowest BCUT2D eigenvalue weighted by atomic mass is 10.2. The van der Waals surface area contributed by atoms with Crippen molar-refractivity contribution in [1.82, 2.24) is 9.21 Å². The van der Waals surface area contributed by atoms with E-state index in [-0.39, 0.29) is 17.6 Å². The zero-order chi connectivity index (χ0) is 23.4. The highest BCUT2D eigenvalue weighted by atomic mass is 32.2. The monoisotopic (exact) mass is 472 g/mol. The van der Waals surface area contributed by atoms with Crippen LogP contribution in [0.5, 0.6) is 17.2 Å². The van der Waals surface area contributed by atoms with E-state index in [1.807, 2.05) is 18.2 Å². The Bertz CT molecular complexity index is 1160. The van der Waals surface area contributed by atoms with Crippen LogP contribution in [0.3, 0.4) is 0 Å². The Labute approximate surface area is 194 Å². The fourth-order valence-electron chi connectivity index (χ4n) is 3.93. The number of rotatable bonds is 7. The topological polar surface area (TPSA) is 85.4 Å². The molecule has 4 rings (SSSR count). The summed E-state index contributed by atoms with van der Waals surface area (Å²) in [5.74, 6) is 1.46. The van der Waals surface area contributed by atoms with Gasteiger partial charge in [0.2, 0.25) is 22.7 Å². The number of benzene rings is 2. The lowest BCUT2D eigenvalue weighted by Gasteiger charge is -2.26. The van der Waals surface area contributed by atoms with Crippen LogP contribution in [0.1, 0.15) is 30.4 Å². The van der Waals surface area contributed by atoms with Gasteiger partial charge in [-0.1, -0.05) is 18.6 Å². The van der Waals surface area contributed by atoms with E-state index in [2.05, 4.69) is 0 Å². The largest absolute Gasteiger partial charge is 0.495 e. The van der Waals surface area contributed by atoms with Crippen molar-refractivity contribution in [3.05, 3.63) is 53.6 Å². The number of methoxy groups -OCH3 is 1. The lowest BCUT2D eigenvalue weighted by Crippen LogP contribution is -2.35. The van der Waals surface area contributed by atoms with E-state index in [9.17, 15) is 13.2 Å². The van der Waals surface area contributed by atoms with E-state index in [1.165, 1.54) is 17.5 Å². The highest BCUT2D eigenvalue weighted by Gasteiger charge is 2.29. The van der Waals surface area contributed by atoms with Crippen LogP contribution in [0.4, 0.5) is 0 Å². The minimum atomic E-state index is -3.67. The lowest BCUT2D eigenvalue weighted by molar-refractivity contribution is -0.125. The smallest absolute Gasteiger partial charge is 0.246 e. The molecule has 0 spiro atoms. The Hall–Kier alpha value is -3.04. The normalized spacial score (nSPS) is 16.2. The van der Waals surface area contributed by atoms with Gasteiger partial charge in [-0.2, -0.15) is 4.31 Å². The van der Waals surface area contributed by atoms with Gasteiger partial charge in [0.15, 0.2) is 11.5 Å². The van der Waals surface area contributed by atoms with Gasteiger partial charge >= 0.3 is 0 Å². The number of hydrogen-bond acceptors (Lipinski definition) is 6. The van der Waals surface area contributed by atoms with Crippen molar-refractivity contribution in [3.63, 3.8) is 0 Å². The molecule has 2 aliphatic heterocycles. The first-order chi connectivity index (χ1) is 15.9. The number of hydrogen-bond donors (Lipinski definition) is 0. The number of carbonyl (C=O) groups excluding carboxylic acids is 1. The second-order valence-corrected chi connectivity index (χ2v) is 10.00. The first-order valence-corrected chi connectivity index (χ1v) is 12.3. The van der Waals surface area contributed by atoms with Gasteiger partial charge in [-0.25, -0.2) is 8.42 Å². The second-order valence-electron chi connectivity index (χ2n) is 8.09. The van der Waals surface area contributed by atoms with Crippen molar-refractivity contribution in [2.24, 2.45) is 0 Å². The highest BCUT2D eigenvalue weighted by molar-refractivity contribution is 7.89. The van der Waals surface area contributed by atoms with E-state index in [0.717, 1.165) is 24.8 Å². The third-order valence-electron chi connectivity index (χ3n) is 5.77. The first kappa shape index (κ1) is 23.1. The average Bonchev–Trinajstić information content (AvgIpc) is 3.30. The third kappa shape index (κ3) is 5.15. The van der Waals surface area contributed by atoms with Crippen molar-refractivity contribution < 1.29 is 27.4 Å². The van der Waals surface area contributed by atoms with Crippen LogP contribution in [-0.2, 0) is 21.4 Å². The summed E-state index contributed by atoms with van der Waals surface area (Å²) in [4.78, 5) is 14.3. The molecule has 1 saturated heterocycles. The van der Waals surface area contributed by atoms with Crippen molar-refractivity contribution in [2.45, 2.75) is 30.7 Å². The molecule has 2 aliphatic rings. The van der Waals surface area contributed by atoms with Gasteiger partial charge in [0.1, 0.15) is 10.6 Å². The second kappa shape index (κ2) is 9.84.